The Labute approximate surface area is 168 Å². The first-order valence-corrected chi connectivity index (χ1v) is 11.3. The first kappa shape index (κ1) is 19.6. The molecule has 0 unspecified atom stereocenters. The molecule has 1 fully saturated rings. The largest absolute Gasteiger partial charge is 0.338 e. The monoisotopic (exact) mass is 415 g/mol. The van der Waals surface area contributed by atoms with Crippen LogP contribution in [-0.4, -0.2) is 29.9 Å². The summed E-state index contributed by atoms with van der Waals surface area (Å²) in [6.07, 6.45) is 4.05. The summed E-state index contributed by atoms with van der Waals surface area (Å²) in [6, 6.07) is 10.4. The predicted octanol–water partition coefficient (Wildman–Crippen LogP) is 4.54. The SMILES string of the molecule is CC(=O)n1nc(Nc2ccc(F)cc2)c2cc(S(=O)(=O)CC3CCCC3)ccc21. The number of carbonyl (C=O) groups is 1. The Kier molecular flexibility index (Phi) is 5.12. The van der Waals surface area contributed by atoms with Crippen LogP contribution in [0.15, 0.2) is 47.4 Å². The quantitative estimate of drug-likeness (QED) is 0.661. The number of fused-ring (bicyclic) bond motifs is 1. The molecule has 1 aromatic heterocycles. The minimum atomic E-state index is -3.44. The van der Waals surface area contributed by atoms with E-state index in [1.807, 2.05) is 0 Å². The minimum Gasteiger partial charge on any atom is -0.338 e. The van der Waals surface area contributed by atoms with Crippen molar-refractivity contribution in [1.82, 2.24) is 9.78 Å². The van der Waals surface area contributed by atoms with Gasteiger partial charge in [0.05, 0.1) is 16.2 Å². The van der Waals surface area contributed by atoms with Crippen LogP contribution in [0.4, 0.5) is 15.9 Å². The number of benzene rings is 2. The molecule has 0 amide bonds. The average Bonchev–Trinajstić information content (AvgIpc) is 3.31. The Morgan fingerprint density at radius 3 is 2.52 bits per heavy atom. The van der Waals surface area contributed by atoms with Crippen LogP contribution in [0.25, 0.3) is 10.9 Å². The van der Waals surface area contributed by atoms with Gasteiger partial charge in [-0.15, -0.1) is 5.10 Å². The first-order chi connectivity index (χ1) is 13.8. The van der Waals surface area contributed by atoms with Gasteiger partial charge in [0.15, 0.2) is 15.7 Å². The number of sulfone groups is 1. The summed E-state index contributed by atoms with van der Waals surface area (Å²) < 4.78 is 40.3. The standard InChI is InChI=1S/C21H22FN3O3S/c1-14(26)25-20-11-10-18(29(27,28)13-15-4-2-3-5-15)12-19(20)21(24-25)23-17-8-6-16(22)7-9-17/h6-12,15H,2-5,13H2,1H3,(H,23,24). The molecule has 1 saturated carbocycles. The van der Waals surface area contributed by atoms with E-state index < -0.39 is 9.84 Å². The van der Waals surface area contributed by atoms with Crippen molar-refractivity contribution in [1.29, 1.82) is 0 Å². The lowest BCUT2D eigenvalue weighted by atomic mass is 10.1. The number of carbonyl (C=O) groups excluding carboxylic acids is 1. The second-order valence-electron chi connectivity index (χ2n) is 7.52. The summed E-state index contributed by atoms with van der Waals surface area (Å²) in [5.41, 5.74) is 1.10. The van der Waals surface area contributed by atoms with Crippen molar-refractivity contribution in [3.63, 3.8) is 0 Å². The third kappa shape index (κ3) is 4.03. The Morgan fingerprint density at radius 1 is 1.17 bits per heavy atom. The van der Waals surface area contributed by atoms with Gasteiger partial charge >= 0.3 is 0 Å². The zero-order valence-corrected chi connectivity index (χ0v) is 16.9. The molecular formula is C21H22FN3O3S. The lowest BCUT2D eigenvalue weighted by molar-refractivity contribution is 0.0927. The molecule has 152 valence electrons. The number of aromatic nitrogens is 2. The van der Waals surface area contributed by atoms with Crippen LogP contribution in [0.1, 0.15) is 37.4 Å². The van der Waals surface area contributed by atoms with Crippen molar-refractivity contribution in [3.8, 4) is 0 Å². The minimum absolute atomic E-state index is 0.139. The van der Waals surface area contributed by atoms with Crippen LogP contribution in [0.2, 0.25) is 0 Å². The van der Waals surface area contributed by atoms with Crippen molar-refractivity contribution in [2.24, 2.45) is 5.92 Å². The normalized spacial score (nSPS) is 15.1. The number of hydrogen-bond acceptors (Lipinski definition) is 5. The third-order valence-electron chi connectivity index (χ3n) is 5.35. The molecule has 1 aliphatic rings. The topological polar surface area (TPSA) is 81.1 Å². The molecular weight excluding hydrogens is 393 g/mol. The van der Waals surface area contributed by atoms with E-state index in [-0.39, 0.29) is 28.3 Å². The molecule has 6 nitrogen and oxygen atoms in total. The Morgan fingerprint density at radius 2 is 1.86 bits per heavy atom. The number of nitrogens with one attached hydrogen (secondary N) is 1. The van der Waals surface area contributed by atoms with E-state index in [1.54, 1.807) is 24.3 Å². The molecule has 4 rings (SSSR count). The van der Waals surface area contributed by atoms with Crippen molar-refractivity contribution in [2.45, 2.75) is 37.5 Å². The maximum Gasteiger partial charge on any atom is 0.244 e. The molecule has 0 bridgehead atoms. The number of anilines is 2. The van der Waals surface area contributed by atoms with Crippen LogP contribution < -0.4 is 5.32 Å². The second kappa shape index (κ2) is 7.59. The maximum atomic E-state index is 13.2. The van der Waals surface area contributed by atoms with E-state index >= 15 is 0 Å². The van der Waals surface area contributed by atoms with E-state index in [9.17, 15) is 17.6 Å². The van der Waals surface area contributed by atoms with Gasteiger partial charge in [-0.05, 0) is 61.2 Å². The Bertz CT molecular complexity index is 1160. The molecule has 0 aliphatic heterocycles. The van der Waals surface area contributed by atoms with Gasteiger partial charge in [-0.2, -0.15) is 4.68 Å². The molecule has 3 aromatic rings. The van der Waals surface area contributed by atoms with Crippen LogP contribution in [-0.2, 0) is 9.84 Å². The highest BCUT2D eigenvalue weighted by molar-refractivity contribution is 7.91. The summed E-state index contributed by atoms with van der Waals surface area (Å²) >= 11 is 0. The van der Waals surface area contributed by atoms with Crippen LogP contribution >= 0.6 is 0 Å². The predicted molar refractivity (Wildman–Crippen MR) is 110 cm³/mol. The molecule has 0 radical (unpaired) electrons. The zero-order valence-electron chi connectivity index (χ0n) is 16.1. The Hall–Kier alpha value is -2.74. The van der Waals surface area contributed by atoms with Crippen molar-refractivity contribution < 1.29 is 17.6 Å². The van der Waals surface area contributed by atoms with Gasteiger partial charge in [0, 0.05) is 18.0 Å². The highest BCUT2D eigenvalue weighted by atomic mass is 32.2. The van der Waals surface area contributed by atoms with Gasteiger partial charge in [0.2, 0.25) is 5.91 Å². The molecule has 0 atom stereocenters. The van der Waals surface area contributed by atoms with Gasteiger partial charge in [0.25, 0.3) is 0 Å². The molecule has 0 spiro atoms. The molecule has 29 heavy (non-hydrogen) atoms. The molecule has 1 aliphatic carbocycles. The van der Waals surface area contributed by atoms with Gasteiger partial charge in [0.1, 0.15) is 5.82 Å². The summed E-state index contributed by atoms with van der Waals surface area (Å²) in [5.74, 6) is 0.0333. The summed E-state index contributed by atoms with van der Waals surface area (Å²) in [6.45, 7) is 1.39. The maximum absolute atomic E-state index is 13.2. The van der Waals surface area contributed by atoms with E-state index in [0.717, 1.165) is 25.7 Å². The average molecular weight is 415 g/mol. The summed E-state index contributed by atoms with van der Waals surface area (Å²) in [7, 11) is -3.44. The molecule has 8 heteroatoms. The van der Waals surface area contributed by atoms with Crippen LogP contribution in [0, 0.1) is 11.7 Å². The van der Waals surface area contributed by atoms with Gasteiger partial charge in [-0.1, -0.05) is 12.8 Å². The fraction of sp³-hybridized carbons (Fsp3) is 0.333. The first-order valence-electron chi connectivity index (χ1n) is 9.62. The number of rotatable bonds is 5. The summed E-state index contributed by atoms with van der Waals surface area (Å²) in [5, 5.41) is 7.88. The molecule has 2 aromatic carbocycles. The number of halogens is 1. The van der Waals surface area contributed by atoms with Gasteiger partial charge in [-0.3, -0.25) is 4.79 Å². The van der Waals surface area contributed by atoms with E-state index in [1.165, 1.54) is 29.8 Å². The van der Waals surface area contributed by atoms with Crippen molar-refractivity contribution >= 4 is 38.2 Å². The van der Waals surface area contributed by atoms with E-state index in [4.69, 9.17) is 0 Å². The lowest BCUT2D eigenvalue weighted by Gasteiger charge is -2.10. The van der Waals surface area contributed by atoms with Gasteiger partial charge < -0.3 is 5.32 Å². The lowest BCUT2D eigenvalue weighted by Crippen LogP contribution is -2.14. The molecule has 0 saturated heterocycles. The number of hydrogen-bond donors (Lipinski definition) is 1. The Balaban J connectivity index is 1.75. The smallest absolute Gasteiger partial charge is 0.244 e. The third-order valence-corrected chi connectivity index (χ3v) is 7.23. The van der Waals surface area contributed by atoms with E-state index in [0.29, 0.717) is 22.4 Å². The summed E-state index contributed by atoms with van der Waals surface area (Å²) in [4.78, 5) is 12.2. The van der Waals surface area contributed by atoms with Crippen molar-refractivity contribution in [3.05, 3.63) is 48.3 Å². The highest BCUT2D eigenvalue weighted by Crippen LogP contribution is 2.31. The van der Waals surface area contributed by atoms with Crippen LogP contribution in [0.3, 0.4) is 0 Å². The van der Waals surface area contributed by atoms with Gasteiger partial charge in [-0.25, -0.2) is 12.8 Å². The second-order valence-corrected chi connectivity index (χ2v) is 9.56. The number of nitrogens with zero attached hydrogens (tertiary/aromatic N) is 2. The zero-order chi connectivity index (χ0) is 20.6. The van der Waals surface area contributed by atoms with E-state index in [2.05, 4.69) is 10.4 Å². The highest BCUT2D eigenvalue weighted by Gasteiger charge is 2.25. The van der Waals surface area contributed by atoms with Crippen molar-refractivity contribution in [2.75, 3.05) is 11.1 Å². The molecule has 1 N–H and O–H groups in total. The van der Waals surface area contributed by atoms with Crippen LogP contribution in [0.5, 0.6) is 0 Å². The fourth-order valence-corrected chi connectivity index (χ4v) is 5.60. The molecule has 1 heterocycles. The fourth-order valence-electron chi connectivity index (χ4n) is 3.88.